The standard InChI is InChI=1S/C26H29N3O3/c1-3-31-19-15-13-18(14-16-19)24-23(25(30)32-20-9-5-4-6-10-20)17(2)27-26-28-21-11-7-8-12-22(21)29(24)26/h7-8,11-16,20,24H,3-6,9-10H2,1-2H3,(H,27,28). The van der Waals surface area contributed by atoms with Crippen LogP contribution < -0.4 is 10.1 Å². The Hall–Kier alpha value is -3.28. The van der Waals surface area contributed by atoms with Crippen molar-refractivity contribution in [2.75, 3.05) is 11.9 Å². The predicted octanol–water partition coefficient (Wildman–Crippen LogP) is 5.60. The van der Waals surface area contributed by atoms with Crippen molar-refractivity contribution in [1.82, 2.24) is 9.55 Å². The number of esters is 1. The molecule has 166 valence electrons. The van der Waals surface area contributed by atoms with E-state index in [2.05, 4.69) is 9.88 Å². The molecule has 1 saturated carbocycles. The molecule has 1 aromatic heterocycles. The summed E-state index contributed by atoms with van der Waals surface area (Å²) in [6.45, 7) is 4.51. The highest BCUT2D eigenvalue weighted by Crippen LogP contribution is 2.40. The number of carbonyl (C=O) groups is 1. The van der Waals surface area contributed by atoms with E-state index in [1.165, 1.54) is 6.42 Å². The number of allylic oxidation sites excluding steroid dienone is 1. The fourth-order valence-electron chi connectivity index (χ4n) is 4.85. The van der Waals surface area contributed by atoms with E-state index in [1.54, 1.807) is 0 Å². The fraction of sp³-hybridized carbons (Fsp3) is 0.385. The number of anilines is 1. The van der Waals surface area contributed by atoms with Crippen LogP contribution in [0.1, 0.15) is 57.6 Å². The third-order valence-electron chi connectivity index (χ3n) is 6.38. The van der Waals surface area contributed by atoms with E-state index in [0.717, 1.165) is 59.7 Å². The molecule has 2 heterocycles. The van der Waals surface area contributed by atoms with Gasteiger partial charge in [0, 0.05) is 5.70 Å². The second-order valence-electron chi connectivity index (χ2n) is 8.53. The summed E-state index contributed by atoms with van der Waals surface area (Å²) in [4.78, 5) is 18.3. The topological polar surface area (TPSA) is 65.4 Å². The van der Waals surface area contributed by atoms with Crippen LogP contribution in [0.3, 0.4) is 0 Å². The zero-order chi connectivity index (χ0) is 22.1. The van der Waals surface area contributed by atoms with Crippen molar-refractivity contribution in [3.05, 3.63) is 65.4 Å². The Morgan fingerprint density at radius 3 is 2.59 bits per heavy atom. The minimum Gasteiger partial charge on any atom is -0.494 e. The zero-order valence-electron chi connectivity index (χ0n) is 18.6. The van der Waals surface area contributed by atoms with E-state index >= 15 is 0 Å². The summed E-state index contributed by atoms with van der Waals surface area (Å²) in [6.07, 6.45) is 5.34. The van der Waals surface area contributed by atoms with Gasteiger partial charge >= 0.3 is 5.97 Å². The van der Waals surface area contributed by atoms with Gasteiger partial charge in [0.2, 0.25) is 5.95 Å². The molecule has 1 aliphatic heterocycles. The molecule has 2 aliphatic rings. The number of imidazole rings is 1. The molecule has 1 N–H and O–H groups in total. The van der Waals surface area contributed by atoms with Crippen LogP contribution in [0.5, 0.6) is 5.75 Å². The number of nitrogens with zero attached hydrogens (tertiary/aromatic N) is 2. The quantitative estimate of drug-likeness (QED) is 0.533. The van der Waals surface area contributed by atoms with E-state index in [1.807, 2.05) is 62.4 Å². The van der Waals surface area contributed by atoms with Gasteiger partial charge in [-0.15, -0.1) is 0 Å². The summed E-state index contributed by atoms with van der Waals surface area (Å²) < 4.78 is 13.8. The van der Waals surface area contributed by atoms with Crippen LogP contribution in [0.15, 0.2) is 59.8 Å². The van der Waals surface area contributed by atoms with Crippen molar-refractivity contribution in [2.45, 2.75) is 58.1 Å². The lowest BCUT2D eigenvalue weighted by molar-refractivity contribution is -0.146. The lowest BCUT2D eigenvalue weighted by atomic mass is 9.94. The number of fused-ring (bicyclic) bond motifs is 3. The number of hydrogen-bond donors (Lipinski definition) is 1. The fourth-order valence-corrected chi connectivity index (χ4v) is 4.85. The lowest BCUT2D eigenvalue weighted by Crippen LogP contribution is -2.31. The summed E-state index contributed by atoms with van der Waals surface area (Å²) in [7, 11) is 0. The van der Waals surface area contributed by atoms with Gasteiger partial charge < -0.3 is 14.8 Å². The molecule has 3 aromatic rings. The summed E-state index contributed by atoms with van der Waals surface area (Å²) in [5, 5.41) is 3.35. The Bertz CT molecular complexity index is 1160. The third kappa shape index (κ3) is 3.74. The van der Waals surface area contributed by atoms with Crippen LogP contribution in [0, 0.1) is 0 Å². The van der Waals surface area contributed by atoms with Crippen molar-refractivity contribution in [2.24, 2.45) is 0 Å². The lowest BCUT2D eigenvalue weighted by Gasteiger charge is -2.31. The first-order valence-corrected chi connectivity index (χ1v) is 11.5. The van der Waals surface area contributed by atoms with Gasteiger partial charge in [0.05, 0.1) is 29.3 Å². The van der Waals surface area contributed by atoms with E-state index in [4.69, 9.17) is 14.5 Å². The molecule has 1 atom stereocenters. The van der Waals surface area contributed by atoms with Gasteiger partial charge in [-0.1, -0.05) is 30.7 Å². The normalized spacial score (nSPS) is 18.9. The molecular formula is C26H29N3O3. The SMILES string of the molecule is CCOc1ccc(C2C(C(=O)OC3CCCCC3)=C(C)Nc3nc4ccccc4n32)cc1. The second kappa shape index (κ2) is 8.69. The number of carbonyl (C=O) groups excluding carboxylic acids is 1. The largest absolute Gasteiger partial charge is 0.494 e. The van der Waals surface area contributed by atoms with Crippen LogP contribution in [-0.2, 0) is 9.53 Å². The molecule has 2 aromatic carbocycles. The zero-order valence-corrected chi connectivity index (χ0v) is 18.6. The second-order valence-corrected chi connectivity index (χ2v) is 8.53. The highest BCUT2D eigenvalue weighted by Gasteiger charge is 2.36. The molecule has 5 rings (SSSR count). The van der Waals surface area contributed by atoms with Gasteiger partial charge in [-0.2, -0.15) is 0 Å². The predicted molar refractivity (Wildman–Crippen MR) is 125 cm³/mol. The Morgan fingerprint density at radius 1 is 1.09 bits per heavy atom. The van der Waals surface area contributed by atoms with E-state index in [-0.39, 0.29) is 18.1 Å². The van der Waals surface area contributed by atoms with Crippen molar-refractivity contribution in [1.29, 1.82) is 0 Å². The van der Waals surface area contributed by atoms with E-state index in [0.29, 0.717) is 12.2 Å². The maximum absolute atomic E-state index is 13.5. The van der Waals surface area contributed by atoms with Gasteiger partial charge in [0.25, 0.3) is 0 Å². The van der Waals surface area contributed by atoms with Gasteiger partial charge in [0.1, 0.15) is 11.9 Å². The Kier molecular flexibility index (Phi) is 5.60. The Morgan fingerprint density at radius 2 is 1.84 bits per heavy atom. The molecule has 0 saturated heterocycles. The maximum atomic E-state index is 13.5. The van der Waals surface area contributed by atoms with Crippen molar-refractivity contribution in [3.63, 3.8) is 0 Å². The van der Waals surface area contributed by atoms with Gasteiger partial charge in [0.15, 0.2) is 0 Å². The first kappa shape index (κ1) is 20.6. The smallest absolute Gasteiger partial charge is 0.338 e. The minimum atomic E-state index is -0.328. The summed E-state index contributed by atoms with van der Waals surface area (Å²) in [6, 6.07) is 15.7. The number of benzene rings is 2. The minimum absolute atomic E-state index is 0.00143. The molecule has 0 amide bonds. The van der Waals surface area contributed by atoms with Crippen LogP contribution in [0.2, 0.25) is 0 Å². The molecule has 1 aliphatic carbocycles. The molecule has 6 heteroatoms. The number of ether oxygens (including phenoxy) is 2. The maximum Gasteiger partial charge on any atom is 0.338 e. The Labute approximate surface area is 188 Å². The highest BCUT2D eigenvalue weighted by atomic mass is 16.5. The highest BCUT2D eigenvalue weighted by molar-refractivity contribution is 5.94. The first-order valence-electron chi connectivity index (χ1n) is 11.5. The molecule has 32 heavy (non-hydrogen) atoms. The van der Waals surface area contributed by atoms with Crippen LogP contribution >= 0.6 is 0 Å². The van der Waals surface area contributed by atoms with E-state index < -0.39 is 0 Å². The van der Waals surface area contributed by atoms with Crippen LogP contribution in [0.4, 0.5) is 5.95 Å². The van der Waals surface area contributed by atoms with Crippen molar-refractivity contribution in [3.8, 4) is 5.75 Å². The number of aromatic nitrogens is 2. The monoisotopic (exact) mass is 431 g/mol. The molecule has 1 fully saturated rings. The van der Waals surface area contributed by atoms with Crippen molar-refractivity contribution < 1.29 is 14.3 Å². The average molecular weight is 432 g/mol. The number of para-hydroxylation sites is 2. The molecule has 0 bridgehead atoms. The first-order chi connectivity index (χ1) is 15.7. The van der Waals surface area contributed by atoms with Crippen LogP contribution in [0.25, 0.3) is 11.0 Å². The summed E-state index contributed by atoms with van der Waals surface area (Å²) in [5.41, 5.74) is 4.28. The van der Waals surface area contributed by atoms with Gasteiger partial charge in [-0.05, 0) is 69.4 Å². The van der Waals surface area contributed by atoms with Gasteiger partial charge in [-0.25, -0.2) is 9.78 Å². The number of nitrogens with one attached hydrogen (secondary N) is 1. The van der Waals surface area contributed by atoms with E-state index in [9.17, 15) is 4.79 Å². The van der Waals surface area contributed by atoms with Crippen LogP contribution in [-0.4, -0.2) is 28.2 Å². The molecule has 0 radical (unpaired) electrons. The molecule has 6 nitrogen and oxygen atoms in total. The number of hydrogen-bond acceptors (Lipinski definition) is 5. The molecule has 1 unspecified atom stereocenters. The summed E-state index contributed by atoms with van der Waals surface area (Å²) in [5.74, 6) is 1.30. The summed E-state index contributed by atoms with van der Waals surface area (Å²) >= 11 is 0. The molecular weight excluding hydrogens is 402 g/mol. The van der Waals surface area contributed by atoms with Gasteiger partial charge in [-0.3, -0.25) is 4.57 Å². The average Bonchev–Trinajstić information content (AvgIpc) is 3.17. The molecule has 0 spiro atoms. The van der Waals surface area contributed by atoms with Crippen molar-refractivity contribution >= 4 is 23.0 Å². The Balaban J connectivity index is 1.59. The third-order valence-corrected chi connectivity index (χ3v) is 6.38. The number of rotatable bonds is 5.